The molecule has 1 N–H and O–H groups in total. The number of para-hydroxylation sites is 1. The summed E-state index contributed by atoms with van der Waals surface area (Å²) in [6, 6.07) is 10.4. The summed E-state index contributed by atoms with van der Waals surface area (Å²) < 4.78 is 2.06. The molecule has 0 bridgehead atoms. The molecule has 0 fully saturated rings. The van der Waals surface area contributed by atoms with Gasteiger partial charge in [-0.25, -0.2) is 4.98 Å². The maximum absolute atomic E-state index is 4.45. The first-order valence-corrected chi connectivity index (χ1v) is 6.76. The van der Waals surface area contributed by atoms with Gasteiger partial charge in [0.2, 0.25) is 0 Å². The lowest BCUT2D eigenvalue weighted by atomic mass is 10.0. The summed E-state index contributed by atoms with van der Waals surface area (Å²) >= 11 is 0. The Morgan fingerprint density at radius 3 is 2.95 bits per heavy atom. The van der Waals surface area contributed by atoms with E-state index in [2.05, 4.69) is 56.1 Å². The molecule has 1 aliphatic heterocycles. The van der Waals surface area contributed by atoms with Gasteiger partial charge in [0, 0.05) is 23.6 Å². The third kappa shape index (κ3) is 1.52. The van der Waals surface area contributed by atoms with Crippen LogP contribution in [0.1, 0.15) is 28.7 Å². The third-order valence-corrected chi connectivity index (χ3v) is 3.86. The van der Waals surface area contributed by atoms with Crippen molar-refractivity contribution in [3.63, 3.8) is 0 Å². The zero-order valence-electron chi connectivity index (χ0n) is 11.5. The van der Waals surface area contributed by atoms with E-state index in [1.807, 2.05) is 13.0 Å². The monoisotopic (exact) mass is 265 g/mol. The van der Waals surface area contributed by atoms with Crippen LogP contribution in [0.2, 0.25) is 0 Å². The van der Waals surface area contributed by atoms with Crippen molar-refractivity contribution in [2.45, 2.75) is 19.8 Å². The molecule has 0 saturated carbocycles. The molecule has 5 nitrogen and oxygen atoms in total. The molecule has 0 aliphatic carbocycles. The van der Waals surface area contributed by atoms with Crippen molar-refractivity contribution in [2.24, 2.45) is 0 Å². The topological polar surface area (TPSA) is 55.1 Å². The summed E-state index contributed by atoms with van der Waals surface area (Å²) in [4.78, 5) is 4.45. The molecule has 3 aromatic rings. The Morgan fingerprint density at radius 1 is 1.20 bits per heavy atom. The Morgan fingerprint density at radius 2 is 2.05 bits per heavy atom. The Kier molecular flexibility index (Phi) is 2.30. The number of hydrogen-bond donors (Lipinski definition) is 1. The summed E-state index contributed by atoms with van der Waals surface area (Å²) in [5, 5.41) is 12.1. The van der Waals surface area contributed by atoms with Crippen LogP contribution in [0.25, 0.3) is 5.78 Å². The van der Waals surface area contributed by atoms with Gasteiger partial charge in [-0.3, -0.25) is 4.40 Å². The number of nitrogens with zero attached hydrogens (tertiary/aromatic N) is 4. The molecule has 0 amide bonds. The van der Waals surface area contributed by atoms with Crippen molar-refractivity contribution in [2.75, 3.05) is 11.9 Å². The molecular formula is C15H15N5. The van der Waals surface area contributed by atoms with Gasteiger partial charge < -0.3 is 5.32 Å². The van der Waals surface area contributed by atoms with Gasteiger partial charge in [0.05, 0.1) is 5.92 Å². The Labute approximate surface area is 116 Å². The second-order valence-electron chi connectivity index (χ2n) is 5.25. The van der Waals surface area contributed by atoms with Crippen LogP contribution in [0, 0.1) is 13.8 Å². The molecule has 1 aromatic carbocycles. The summed E-state index contributed by atoms with van der Waals surface area (Å²) in [5.41, 5.74) is 4.56. The zero-order chi connectivity index (χ0) is 13.7. The van der Waals surface area contributed by atoms with Crippen molar-refractivity contribution in [3.05, 3.63) is 53.1 Å². The van der Waals surface area contributed by atoms with Gasteiger partial charge in [-0.15, -0.1) is 10.2 Å². The highest BCUT2D eigenvalue weighted by Gasteiger charge is 2.28. The van der Waals surface area contributed by atoms with E-state index in [1.54, 1.807) is 0 Å². The molecule has 4 rings (SSSR count). The Balaban J connectivity index is 1.92. The van der Waals surface area contributed by atoms with E-state index >= 15 is 0 Å². The summed E-state index contributed by atoms with van der Waals surface area (Å²) in [6.45, 7) is 4.91. The molecule has 0 saturated heterocycles. The lowest BCUT2D eigenvalue weighted by molar-refractivity contribution is 0.780. The van der Waals surface area contributed by atoms with Crippen LogP contribution < -0.4 is 5.32 Å². The second kappa shape index (κ2) is 4.03. The van der Waals surface area contributed by atoms with E-state index < -0.39 is 0 Å². The first-order valence-electron chi connectivity index (χ1n) is 6.76. The molecule has 2 aromatic heterocycles. The fraction of sp³-hybridized carbons (Fsp3) is 0.267. The smallest absolute Gasteiger partial charge is 0.255 e. The SMILES string of the molecule is Cc1cc(C)n2c(C3CNc4ccccc43)nnc2n1. The lowest BCUT2D eigenvalue weighted by Crippen LogP contribution is -2.10. The van der Waals surface area contributed by atoms with Crippen molar-refractivity contribution < 1.29 is 0 Å². The van der Waals surface area contributed by atoms with E-state index in [4.69, 9.17) is 0 Å². The molecule has 100 valence electrons. The Hall–Kier alpha value is -2.43. The first kappa shape index (κ1) is 11.4. The Bertz CT molecular complexity index is 805. The lowest BCUT2D eigenvalue weighted by Gasteiger charge is -2.10. The van der Waals surface area contributed by atoms with E-state index in [9.17, 15) is 0 Å². The first-order chi connectivity index (χ1) is 9.74. The molecule has 5 heteroatoms. The number of hydrogen-bond acceptors (Lipinski definition) is 4. The molecule has 0 spiro atoms. The number of aromatic nitrogens is 4. The van der Waals surface area contributed by atoms with Crippen molar-refractivity contribution in [3.8, 4) is 0 Å². The highest BCUT2D eigenvalue weighted by atomic mass is 15.3. The number of rotatable bonds is 1. The van der Waals surface area contributed by atoms with Crippen LogP contribution in [-0.4, -0.2) is 26.1 Å². The van der Waals surface area contributed by atoms with Gasteiger partial charge in [-0.05, 0) is 31.5 Å². The normalized spacial score (nSPS) is 17.2. The van der Waals surface area contributed by atoms with Gasteiger partial charge in [0.1, 0.15) is 5.82 Å². The highest BCUT2D eigenvalue weighted by molar-refractivity contribution is 5.59. The van der Waals surface area contributed by atoms with Crippen molar-refractivity contribution in [1.82, 2.24) is 19.6 Å². The van der Waals surface area contributed by atoms with Crippen LogP contribution in [0.4, 0.5) is 5.69 Å². The van der Waals surface area contributed by atoms with Crippen LogP contribution in [0.3, 0.4) is 0 Å². The van der Waals surface area contributed by atoms with Crippen LogP contribution >= 0.6 is 0 Å². The van der Waals surface area contributed by atoms with E-state index in [1.165, 1.54) is 11.3 Å². The summed E-state index contributed by atoms with van der Waals surface area (Å²) in [6.07, 6.45) is 0. The molecule has 1 atom stereocenters. The maximum Gasteiger partial charge on any atom is 0.255 e. The van der Waals surface area contributed by atoms with E-state index in [-0.39, 0.29) is 5.92 Å². The molecule has 3 heterocycles. The largest absolute Gasteiger partial charge is 0.384 e. The standard InChI is InChI=1S/C15H15N5/c1-9-7-10(2)20-14(18-19-15(20)17-9)12-8-16-13-6-4-3-5-11(12)13/h3-7,12,16H,8H2,1-2H3. The highest BCUT2D eigenvalue weighted by Crippen LogP contribution is 2.35. The average molecular weight is 265 g/mol. The number of benzene rings is 1. The van der Waals surface area contributed by atoms with Crippen LogP contribution in [0.5, 0.6) is 0 Å². The van der Waals surface area contributed by atoms with Crippen LogP contribution in [-0.2, 0) is 0 Å². The molecule has 1 unspecified atom stereocenters. The minimum Gasteiger partial charge on any atom is -0.384 e. The van der Waals surface area contributed by atoms with Gasteiger partial charge in [-0.1, -0.05) is 18.2 Å². The molecule has 20 heavy (non-hydrogen) atoms. The zero-order valence-corrected chi connectivity index (χ0v) is 11.5. The minimum atomic E-state index is 0.226. The fourth-order valence-corrected chi connectivity index (χ4v) is 3.00. The predicted molar refractivity (Wildman–Crippen MR) is 77.0 cm³/mol. The van der Waals surface area contributed by atoms with Gasteiger partial charge in [0.15, 0.2) is 0 Å². The second-order valence-corrected chi connectivity index (χ2v) is 5.25. The van der Waals surface area contributed by atoms with E-state index in [0.29, 0.717) is 5.78 Å². The third-order valence-electron chi connectivity index (χ3n) is 3.86. The predicted octanol–water partition coefficient (Wildman–Crippen LogP) is 2.30. The van der Waals surface area contributed by atoms with Gasteiger partial charge >= 0.3 is 0 Å². The fourth-order valence-electron chi connectivity index (χ4n) is 3.00. The number of aryl methyl sites for hydroxylation is 2. The molecule has 1 aliphatic rings. The van der Waals surface area contributed by atoms with Gasteiger partial charge in [0.25, 0.3) is 5.78 Å². The minimum absolute atomic E-state index is 0.226. The van der Waals surface area contributed by atoms with Crippen LogP contribution in [0.15, 0.2) is 30.3 Å². The van der Waals surface area contributed by atoms with Crippen molar-refractivity contribution >= 4 is 11.5 Å². The quantitative estimate of drug-likeness (QED) is 0.733. The summed E-state index contributed by atoms with van der Waals surface area (Å²) in [5.74, 6) is 1.87. The number of fused-ring (bicyclic) bond motifs is 2. The van der Waals surface area contributed by atoms with Gasteiger partial charge in [-0.2, -0.15) is 0 Å². The average Bonchev–Trinajstić information content (AvgIpc) is 3.01. The molecular weight excluding hydrogens is 250 g/mol. The summed E-state index contributed by atoms with van der Waals surface area (Å²) in [7, 11) is 0. The van der Waals surface area contributed by atoms with Crippen molar-refractivity contribution in [1.29, 1.82) is 0 Å². The number of anilines is 1. The maximum atomic E-state index is 4.45. The number of nitrogens with one attached hydrogen (secondary N) is 1. The molecule has 0 radical (unpaired) electrons. The van der Waals surface area contributed by atoms with E-state index in [0.717, 1.165) is 23.8 Å².